The second kappa shape index (κ2) is 8.51. The van der Waals surface area contributed by atoms with Crippen molar-refractivity contribution in [3.05, 3.63) is 53.1 Å². The molecule has 150 valence electrons. The van der Waals surface area contributed by atoms with Crippen molar-refractivity contribution in [2.75, 3.05) is 49.2 Å². The smallest absolute Gasteiger partial charge is 0.238 e. The van der Waals surface area contributed by atoms with Gasteiger partial charge in [0.1, 0.15) is 0 Å². The zero-order valence-electron chi connectivity index (χ0n) is 16.0. The van der Waals surface area contributed by atoms with E-state index in [1.807, 2.05) is 18.2 Å². The molecular formula is C20H24ClN3O3S. The number of halogens is 1. The third-order valence-corrected chi connectivity index (χ3v) is 6.14. The minimum absolute atomic E-state index is 0.155. The summed E-state index contributed by atoms with van der Waals surface area (Å²) in [5.41, 5.74) is 2.80. The lowest BCUT2D eigenvalue weighted by molar-refractivity contribution is -0.117. The van der Waals surface area contributed by atoms with Crippen LogP contribution in [0.5, 0.6) is 0 Å². The van der Waals surface area contributed by atoms with Crippen molar-refractivity contribution in [3.8, 4) is 0 Å². The van der Waals surface area contributed by atoms with Crippen molar-refractivity contribution in [1.29, 1.82) is 0 Å². The van der Waals surface area contributed by atoms with E-state index in [1.54, 1.807) is 12.1 Å². The number of benzene rings is 2. The first kappa shape index (κ1) is 20.6. The molecule has 0 saturated carbocycles. The van der Waals surface area contributed by atoms with Crippen LogP contribution in [0.25, 0.3) is 0 Å². The van der Waals surface area contributed by atoms with Gasteiger partial charge in [-0.1, -0.05) is 23.7 Å². The molecule has 0 atom stereocenters. The Bertz CT molecular complexity index is 970. The Hall–Kier alpha value is -2.09. The number of piperazine rings is 1. The fraction of sp³-hybridized carbons (Fsp3) is 0.350. The molecule has 0 bridgehead atoms. The van der Waals surface area contributed by atoms with Gasteiger partial charge >= 0.3 is 0 Å². The maximum Gasteiger partial charge on any atom is 0.238 e. The first-order chi connectivity index (χ1) is 13.2. The van der Waals surface area contributed by atoms with E-state index < -0.39 is 9.84 Å². The predicted molar refractivity (Wildman–Crippen MR) is 113 cm³/mol. The SMILES string of the molecule is Cc1ccc(Cl)cc1N1CCN(CC(=O)Nc2cccc(S(C)(=O)=O)c2)CC1. The molecule has 1 fully saturated rings. The molecule has 0 aliphatic carbocycles. The van der Waals surface area contributed by atoms with Crippen LogP contribution >= 0.6 is 11.6 Å². The molecule has 0 spiro atoms. The van der Waals surface area contributed by atoms with E-state index >= 15 is 0 Å². The minimum Gasteiger partial charge on any atom is -0.369 e. The van der Waals surface area contributed by atoms with Gasteiger partial charge in [0.15, 0.2) is 9.84 Å². The van der Waals surface area contributed by atoms with E-state index in [2.05, 4.69) is 22.0 Å². The first-order valence-corrected chi connectivity index (χ1v) is 11.3. The quantitative estimate of drug-likeness (QED) is 0.803. The summed E-state index contributed by atoms with van der Waals surface area (Å²) < 4.78 is 23.3. The number of anilines is 2. The molecule has 1 N–H and O–H groups in total. The lowest BCUT2D eigenvalue weighted by atomic mass is 10.1. The molecule has 6 nitrogen and oxygen atoms in total. The van der Waals surface area contributed by atoms with Crippen LogP contribution in [0.3, 0.4) is 0 Å². The second-order valence-electron chi connectivity index (χ2n) is 7.04. The number of carbonyl (C=O) groups is 1. The molecule has 3 rings (SSSR count). The number of rotatable bonds is 5. The van der Waals surface area contributed by atoms with Crippen LogP contribution in [0.15, 0.2) is 47.4 Å². The average Bonchev–Trinajstić information content (AvgIpc) is 2.64. The minimum atomic E-state index is -3.30. The van der Waals surface area contributed by atoms with Crippen molar-refractivity contribution in [1.82, 2.24) is 4.90 Å². The van der Waals surface area contributed by atoms with E-state index in [9.17, 15) is 13.2 Å². The number of hydrogen-bond acceptors (Lipinski definition) is 5. The molecule has 0 unspecified atom stereocenters. The average molecular weight is 422 g/mol. The summed E-state index contributed by atoms with van der Waals surface area (Å²) >= 11 is 6.12. The van der Waals surface area contributed by atoms with Crippen molar-refractivity contribution in [3.63, 3.8) is 0 Å². The number of sulfone groups is 1. The molecule has 1 saturated heterocycles. The summed E-state index contributed by atoms with van der Waals surface area (Å²) in [6.07, 6.45) is 1.15. The van der Waals surface area contributed by atoms with Crippen LogP contribution in [0, 0.1) is 6.92 Å². The number of nitrogens with one attached hydrogen (secondary N) is 1. The fourth-order valence-corrected chi connectivity index (χ4v) is 4.11. The summed E-state index contributed by atoms with van der Waals surface area (Å²) in [4.78, 5) is 16.9. The van der Waals surface area contributed by atoms with Crippen LogP contribution < -0.4 is 10.2 Å². The van der Waals surface area contributed by atoms with Crippen molar-refractivity contribution >= 4 is 38.7 Å². The monoisotopic (exact) mass is 421 g/mol. The largest absolute Gasteiger partial charge is 0.369 e. The fourth-order valence-electron chi connectivity index (χ4n) is 3.28. The highest BCUT2D eigenvalue weighted by molar-refractivity contribution is 7.90. The molecule has 28 heavy (non-hydrogen) atoms. The van der Waals surface area contributed by atoms with Gasteiger partial charge < -0.3 is 10.2 Å². The van der Waals surface area contributed by atoms with Crippen molar-refractivity contribution in [2.24, 2.45) is 0 Å². The Balaban J connectivity index is 1.55. The lowest BCUT2D eigenvalue weighted by Crippen LogP contribution is -2.48. The third-order valence-electron chi connectivity index (χ3n) is 4.80. The number of aryl methyl sites for hydroxylation is 1. The highest BCUT2D eigenvalue weighted by atomic mass is 35.5. The Morgan fingerprint density at radius 3 is 2.50 bits per heavy atom. The Morgan fingerprint density at radius 1 is 1.11 bits per heavy atom. The van der Waals surface area contributed by atoms with E-state index in [0.29, 0.717) is 5.69 Å². The summed E-state index contributed by atoms with van der Waals surface area (Å²) in [7, 11) is -3.30. The van der Waals surface area contributed by atoms with Gasteiger partial charge in [-0.25, -0.2) is 8.42 Å². The Morgan fingerprint density at radius 2 is 1.82 bits per heavy atom. The summed E-state index contributed by atoms with van der Waals surface area (Å²) in [5.74, 6) is -0.155. The molecule has 1 heterocycles. The highest BCUT2D eigenvalue weighted by Crippen LogP contribution is 2.25. The van der Waals surface area contributed by atoms with Crippen molar-refractivity contribution in [2.45, 2.75) is 11.8 Å². The molecule has 1 aliphatic heterocycles. The van der Waals surface area contributed by atoms with Crippen LogP contribution in [-0.2, 0) is 14.6 Å². The van der Waals surface area contributed by atoms with E-state index in [1.165, 1.54) is 17.7 Å². The normalized spacial score (nSPS) is 15.5. The molecule has 0 radical (unpaired) electrons. The number of carbonyl (C=O) groups excluding carboxylic acids is 1. The van der Waals surface area contributed by atoms with Gasteiger partial charge in [-0.15, -0.1) is 0 Å². The van der Waals surface area contributed by atoms with Crippen molar-refractivity contribution < 1.29 is 13.2 Å². The van der Waals surface area contributed by atoms with Gasteiger partial charge in [0, 0.05) is 48.8 Å². The number of hydrogen-bond donors (Lipinski definition) is 1. The van der Waals surface area contributed by atoms with Crippen LogP contribution in [0.1, 0.15) is 5.56 Å². The molecule has 1 aliphatic rings. The van der Waals surface area contributed by atoms with E-state index in [4.69, 9.17) is 11.6 Å². The highest BCUT2D eigenvalue weighted by Gasteiger charge is 2.20. The molecule has 8 heteroatoms. The zero-order valence-corrected chi connectivity index (χ0v) is 17.6. The molecular weight excluding hydrogens is 398 g/mol. The zero-order chi connectivity index (χ0) is 20.3. The number of amides is 1. The van der Waals surface area contributed by atoms with Crippen LogP contribution in [0.4, 0.5) is 11.4 Å². The molecule has 2 aromatic carbocycles. The molecule has 2 aromatic rings. The maximum absolute atomic E-state index is 12.4. The topological polar surface area (TPSA) is 69.7 Å². The second-order valence-corrected chi connectivity index (χ2v) is 9.49. The van der Waals surface area contributed by atoms with Gasteiger partial charge in [-0.3, -0.25) is 9.69 Å². The summed E-state index contributed by atoms with van der Waals surface area (Å²) in [5, 5.41) is 3.51. The third kappa shape index (κ3) is 5.25. The maximum atomic E-state index is 12.4. The Labute approximate surface area is 171 Å². The lowest BCUT2D eigenvalue weighted by Gasteiger charge is -2.36. The van der Waals surface area contributed by atoms with E-state index in [0.717, 1.165) is 43.1 Å². The Kier molecular flexibility index (Phi) is 6.27. The van der Waals surface area contributed by atoms with Gasteiger partial charge in [0.2, 0.25) is 5.91 Å². The van der Waals surface area contributed by atoms with Gasteiger partial charge in [0.25, 0.3) is 0 Å². The van der Waals surface area contributed by atoms with E-state index in [-0.39, 0.29) is 17.3 Å². The van der Waals surface area contributed by atoms with Crippen LogP contribution in [-0.4, -0.2) is 58.2 Å². The number of nitrogens with zero attached hydrogens (tertiary/aromatic N) is 2. The first-order valence-electron chi connectivity index (χ1n) is 9.06. The van der Waals surface area contributed by atoms with Crippen LogP contribution in [0.2, 0.25) is 5.02 Å². The van der Waals surface area contributed by atoms with Gasteiger partial charge in [-0.05, 0) is 42.8 Å². The van der Waals surface area contributed by atoms with Gasteiger partial charge in [-0.2, -0.15) is 0 Å². The predicted octanol–water partition coefficient (Wildman–Crippen LogP) is 2.81. The molecule has 0 aromatic heterocycles. The van der Waals surface area contributed by atoms with Gasteiger partial charge in [0.05, 0.1) is 11.4 Å². The summed E-state index contributed by atoms with van der Waals surface area (Å²) in [6.45, 7) is 5.50. The molecule has 1 amide bonds. The standard InChI is InChI=1S/C20H24ClN3O3S/c1-15-6-7-16(21)12-19(15)24-10-8-23(9-11-24)14-20(25)22-17-4-3-5-18(13-17)28(2,26)27/h3-7,12-13H,8-11,14H2,1-2H3,(H,22,25). The summed E-state index contributed by atoms with van der Waals surface area (Å²) in [6, 6.07) is 12.2.